The molecule has 5 nitrogen and oxygen atoms in total. The van der Waals surface area contributed by atoms with Gasteiger partial charge >= 0.3 is 0 Å². The fourth-order valence-corrected chi connectivity index (χ4v) is 2.70. The van der Waals surface area contributed by atoms with Crippen molar-refractivity contribution in [2.24, 2.45) is 5.92 Å². The topological polar surface area (TPSA) is 59.3 Å². The lowest BCUT2D eigenvalue weighted by atomic mass is 9.94. The molecule has 0 unspecified atom stereocenters. The van der Waals surface area contributed by atoms with Crippen LogP contribution in [0.25, 0.3) is 5.65 Å². The number of nitrogens with one attached hydrogen (secondary N) is 1. The molecule has 1 amide bonds. The van der Waals surface area contributed by atoms with Gasteiger partial charge in [0.05, 0.1) is 6.20 Å². The van der Waals surface area contributed by atoms with Crippen molar-refractivity contribution >= 4 is 23.2 Å². The molecule has 110 valence electrons. The predicted octanol–water partition coefficient (Wildman–Crippen LogP) is 2.40. The van der Waals surface area contributed by atoms with E-state index in [0.717, 1.165) is 31.2 Å². The van der Waals surface area contributed by atoms with Gasteiger partial charge < -0.3 is 5.32 Å². The second-order valence-electron chi connectivity index (χ2n) is 5.25. The maximum atomic E-state index is 12.0. The summed E-state index contributed by atoms with van der Waals surface area (Å²) in [4.78, 5) is 16.3. The minimum absolute atomic E-state index is 0.125. The van der Waals surface area contributed by atoms with Gasteiger partial charge in [0, 0.05) is 24.9 Å². The highest BCUT2D eigenvalue weighted by molar-refractivity contribution is 6.33. The molecule has 0 fully saturated rings. The Balaban J connectivity index is 1.54. The quantitative estimate of drug-likeness (QED) is 0.882. The number of hydrogen-bond acceptors (Lipinski definition) is 3. The second kappa shape index (κ2) is 6.26. The van der Waals surface area contributed by atoms with Gasteiger partial charge in [-0.2, -0.15) is 5.10 Å². The predicted molar refractivity (Wildman–Crippen MR) is 81.2 cm³/mol. The van der Waals surface area contributed by atoms with Gasteiger partial charge in [-0.15, -0.1) is 0 Å². The van der Waals surface area contributed by atoms with Gasteiger partial charge in [0.25, 0.3) is 0 Å². The Bertz CT molecular complexity index is 679. The van der Waals surface area contributed by atoms with Crippen LogP contribution in [0, 0.1) is 5.92 Å². The van der Waals surface area contributed by atoms with Crippen LogP contribution in [0.4, 0.5) is 0 Å². The zero-order valence-electron chi connectivity index (χ0n) is 11.6. The first kappa shape index (κ1) is 14.1. The molecular formula is C15H17ClN4O. The minimum atomic E-state index is 0.125. The Kier molecular flexibility index (Phi) is 4.20. The molecule has 1 N–H and O–H groups in total. The number of aromatic nitrogens is 3. The molecule has 2 heterocycles. The Morgan fingerprint density at radius 1 is 1.43 bits per heavy atom. The van der Waals surface area contributed by atoms with E-state index in [2.05, 4.69) is 27.6 Å². The summed E-state index contributed by atoms with van der Waals surface area (Å²) in [6, 6.07) is 0. The number of carbonyl (C=O) groups excluding carboxylic acids is 1. The van der Waals surface area contributed by atoms with Crippen LogP contribution in [-0.4, -0.2) is 27.0 Å². The Morgan fingerprint density at radius 2 is 2.33 bits per heavy atom. The molecule has 0 radical (unpaired) electrons. The van der Waals surface area contributed by atoms with Crippen molar-refractivity contribution in [1.82, 2.24) is 19.9 Å². The van der Waals surface area contributed by atoms with Gasteiger partial charge in [-0.25, -0.2) is 9.50 Å². The highest BCUT2D eigenvalue weighted by Crippen LogP contribution is 2.18. The average molecular weight is 305 g/mol. The molecule has 2 aromatic heterocycles. The van der Waals surface area contributed by atoms with Crippen LogP contribution < -0.4 is 5.32 Å². The lowest BCUT2D eigenvalue weighted by molar-refractivity contribution is -0.125. The smallest absolute Gasteiger partial charge is 0.223 e. The van der Waals surface area contributed by atoms with Crippen molar-refractivity contribution in [3.8, 4) is 0 Å². The molecule has 0 spiro atoms. The maximum absolute atomic E-state index is 12.0. The summed E-state index contributed by atoms with van der Waals surface area (Å²) in [5.74, 6) is 0.274. The van der Waals surface area contributed by atoms with Crippen molar-refractivity contribution in [2.75, 3.05) is 6.54 Å². The lowest BCUT2D eigenvalue weighted by Gasteiger charge is -2.17. The first-order chi connectivity index (χ1) is 10.2. The molecule has 1 aliphatic rings. The van der Waals surface area contributed by atoms with Gasteiger partial charge in [0.2, 0.25) is 5.91 Å². The van der Waals surface area contributed by atoms with Crippen LogP contribution in [0.15, 0.2) is 30.7 Å². The molecule has 1 atom stereocenters. The second-order valence-corrected chi connectivity index (χ2v) is 5.65. The number of hydrogen-bond donors (Lipinski definition) is 1. The summed E-state index contributed by atoms with van der Waals surface area (Å²) >= 11 is 5.95. The number of rotatable bonds is 4. The van der Waals surface area contributed by atoms with Crippen LogP contribution in [0.1, 0.15) is 24.8 Å². The zero-order valence-corrected chi connectivity index (χ0v) is 12.4. The number of carbonyl (C=O) groups is 1. The third kappa shape index (κ3) is 3.24. The summed E-state index contributed by atoms with van der Waals surface area (Å²) in [5, 5.41) is 7.66. The fourth-order valence-electron chi connectivity index (χ4n) is 2.52. The standard InChI is InChI=1S/C15H17ClN4O/c16-13-9-19-20-10-11(8-18-14(13)20)6-7-17-15(21)12-4-2-1-3-5-12/h1-2,8-10,12H,3-7H2,(H,17,21)/t12-/m1/s1. The van der Waals surface area contributed by atoms with E-state index in [-0.39, 0.29) is 11.8 Å². The van der Waals surface area contributed by atoms with Crippen molar-refractivity contribution in [3.05, 3.63) is 41.3 Å². The van der Waals surface area contributed by atoms with E-state index in [9.17, 15) is 4.79 Å². The first-order valence-corrected chi connectivity index (χ1v) is 7.52. The van der Waals surface area contributed by atoms with Crippen LogP contribution in [0.5, 0.6) is 0 Å². The van der Waals surface area contributed by atoms with E-state index in [1.807, 2.05) is 6.20 Å². The van der Waals surface area contributed by atoms with E-state index in [4.69, 9.17) is 11.6 Å². The number of fused-ring (bicyclic) bond motifs is 1. The largest absolute Gasteiger partial charge is 0.356 e. The number of allylic oxidation sites excluding steroid dienone is 2. The highest BCUT2D eigenvalue weighted by Gasteiger charge is 2.17. The van der Waals surface area contributed by atoms with Crippen LogP contribution >= 0.6 is 11.6 Å². The zero-order chi connectivity index (χ0) is 14.7. The summed E-state index contributed by atoms with van der Waals surface area (Å²) in [5.41, 5.74) is 1.67. The minimum Gasteiger partial charge on any atom is -0.356 e. The normalized spacial score (nSPS) is 18.0. The number of amides is 1. The van der Waals surface area contributed by atoms with Gasteiger partial charge in [-0.05, 0) is 31.2 Å². The highest BCUT2D eigenvalue weighted by atomic mass is 35.5. The van der Waals surface area contributed by atoms with Crippen LogP contribution in [-0.2, 0) is 11.2 Å². The van der Waals surface area contributed by atoms with Crippen molar-refractivity contribution in [2.45, 2.75) is 25.7 Å². The number of halogens is 1. The van der Waals surface area contributed by atoms with E-state index in [1.165, 1.54) is 0 Å². The molecule has 3 rings (SSSR count). The Hall–Kier alpha value is -1.88. The maximum Gasteiger partial charge on any atom is 0.223 e. The van der Waals surface area contributed by atoms with Gasteiger partial charge in [-0.1, -0.05) is 23.8 Å². The van der Waals surface area contributed by atoms with Crippen molar-refractivity contribution in [3.63, 3.8) is 0 Å². The van der Waals surface area contributed by atoms with E-state index in [0.29, 0.717) is 17.2 Å². The third-order valence-electron chi connectivity index (χ3n) is 3.72. The molecule has 6 heteroatoms. The van der Waals surface area contributed by atoms with Crippen molar-refractivity contribution < 1.29 is 4.79 Å². The molecule has 0 aromatic carbocycles. The average Bonchev–Trinajstić information content (AvgIpc) is 2.89. The Labute approximate surface area is 128 Å². The van der Waals surface area contributed by atoms with Crippen LogP contribution in [0.3, 0.4) is 0 Å². The lowest BCUT2D eigenvalue weighted by Crippen LogP contribution is -2.32. The summed E-state index contributed by atoms with van der Waals surface area (Å²) < 4.78 is 1.66. The van der Waals surface area contributed by atoms with E-state index in [1.54, 1.807) is 16.9 Å². The molecule has 0 saturated carbocycles. The van der Waals surface area contributed by atoms with E-state index >= 15 is 0 Å². The summed E-state index contributed by atoms with van der Waals surface area (Å²) in [6.45, 7) is 0.612. The number of nitrogens with zero attached hydrogens (tertiary/aromatic N) is 3. The van der Waals surface area contributed by atoms with E-state index < -0.39 is 0 Å². The van der Waals surface area contributed by atoms with Crippen molar-refractivity contribution in [1.29, 1.82) is 0 Å². The summed E-state index contributed by atoms with van der Waals surface area (Å²) in [7, 11) is 0. The first-order valence-electron chi connectivity index (χ1n) is 7.14. The molecule has 21 heavy (non-hydrogen) atoms. The van der Waals surface area contributed by atoms with Gasteiger partial charge in [-0.3, -0.25) is 4.79 Å². The Morgan fingerprint density at radius 3 is 3.14 bits per heavy atom. The molecule has 0 aliphatic heterocycles. The summed E-state index contributed by atoms with van der Waals surface area (Å²) in [6.07, 6.45) is 13.0. The van der Waals surface area contributed by atoms with Gasteiger partial charge in [0.15, 0.2) is 5.65 Å². The SMILES string of the molecule is O=C(NCCc1cnc2c(Cl)cnn2c1)[C@@H]1CC=CCC1. The van der Waals surface area contributed by atoms with Gasteiger partial charge in [0.1, 0.15) is 5.02 Å². The fraction of sp³-hybridized carbons (Fsp3) is 0.400. The third-order valence-corrected chi connectivity index (χ3v) is 3.99. The molecule has 0 saturated heterocycles. The molecule has 1 aliphatic carbocycles. The monoisotopic (exact) mass is 304 g/mol. The molecule has 2 aromatic rings. The molecular weight excluding hydrogens is 288 g/mol. The van der Waals surface area contributed by atoms with Crippen LogP contribution in [0.2, 0.25) is 5.02 Å². The molecule has 0 bridgehead atoms.